The van der Waals surface area contributed by atoms with Crippen LogP contribution in [0.3, 0.4) is 0 Å². The summed E-state index contributed by atoms with van der Waals surface area (Å²) >= 11 is 6.63. The minimum atomic E-state index is -0.163. The molecule has 1 aliphatic rings. The van der Waals surface area contributed by atoms with Crippen molar-refractivity contribution in [2.24, 2.45) is 0 Å². The van der Waals surface area contributed by atoms with Crippen LogP contribution >= 0.6 is 23.6 Å². The van der Waals surface area contributed by atoms with Gasteiger partial charge in [-0.25, -0.2) is 4.98 Å². The van der Waals surface area contributed by atoms with Crippen molar-refractivity contribution < 1.29 is 9.53 Å². The molecule has 0 aromatic carbocycles. The predicted octanol–water partition coefficient (Wildman–Crippen LogP) is 0.818. The van der Waals surface area contributed by atoms with Gasteiger partial charge in [-0.1, -0.05) is 13.3 Å². The molecule has 1 amide bonds. The zero-order chi connectivity index (χ0) is 16.5. The molecule has 2 rings (SSSR count). The monoisotopic (exact) mass is 357 g/mol. The molecular weight excluding hydrogens is 334 g/mol. The summed E-state index contributed by atoms with van der Waals surface area (Å²) in [7, 11) is 0. The van der Waals surface area contributed by atoms with Crippen molar-refractivity contribution in [3.05, 3.63) is 11.1 Å². The highest BCUT2D eigenvalue weighted by molar-refractivity contribution is 7.80. The van der Waals surface area contributed by atoms with Gasteiger partial charge < -0.3 is 15.0 Å². The second kappa shape index (κ2) is 9.64. The Labute approximate surface area is 145 Å². The highest BCUT2D eigenvalue weighted by Crippen LogP contribution is 2.21. The highest BCUT2D eigenvalue weighted by Gasteiger charge is 2.15. The van der Waals surface area contributed by atoms with E-state index in [-0.39, 0.29) is 12.3 Å². The van der Waals surface area contributed by atoms with Crippen LogP contribution in [0.4, 0.5) is 5.13 Å². The number of unbranched alkanes of at least 4 members (excludes halogenated alkanes) is 1. The molecule has 2 heterocycles. The molecule has 0 atom stereocenters. The Hall–Kier alpha value is -1.45. The number of carbonyl (C=O) groups is 1. The van der Waals surface area contributed by atoms with Crippen molar-refractivity contribution in [1.82, 2.24) is 21.2 Å². The van der Waals surface area contributed by atoms with Gasteiger partial charge in [-0.2, -0.15) is 0 Å². The number of hydrogen-bond acceptors (Lipinski definition) is 6. The van der Waals surface area contributed by atoms with Crippen LogP contribution in [0.1, 0.15) is 25.5 Å². The highest BCUT2D eigenvalue weighted by atomic mass is 32.1. The van der Waals surface area contributed by atoms with Crippen molar-refractivity contribution in [3.63, 3.8) is 0 Å². The smallest absolute Gasteiger partial charge is 0.244 e. The minimum Gasteiger partial charge on any atom is -0.378 e. The number of nitrogens with one attached hydrogen (secondary N) is 3. The Kier molecular flexibility index (Phi) is 7.50. The summed E-state index contributed by atoms with van der Waals surface area (Å²) in [5.74, 6) is -0.163. The number of aromatic nitrogens is 1. The molecule has 0 saturated carbocycles. The number of rotatable bonds is 6. The van der Waals surface area contributed by atoms with Gasteiger partial charge in [-0.15, -0.1) is 11.3 Å². The fourth-order valence-corrected chi connectivity index (χ4v) is 3.07. The normalized spacial score (nSPS) is 14.4. The van der Waals surface area contributed by atoms with Crippen LogP contribution < -0.4 is 21.1 Å². The second-order valence-electron chi connectivity index (χ2n) is 5.18. The van der Waals surface area contributed by atoms with Crippen molar-refractivity contribution in [2.45, 2.75) is 26.2 Å². The zero-order valence-electron chi connectivity index (χ0n) is 13.3. The molecule has 0 radical (unpaired) electrons. The molecule has 1 fully saturated rings. The lowest BCUT2D eigenvalue weighted by atomic mass is 10.3. The van der Waals surface area contributed by atoms with Crippen LogP contribution in [0.15, 0.2) is 5.38 Å². The summed E-state index contributed by atoms with van der Waals surface area (Å²) in [5.41, 5.74) is 6.05. The molecule has 7 nitrogen and oxygen atoms in total. The van der Waals surface area contributed by atoms with Gasteiger partial charge in [0.25, 0.3) is 0 Å². The lowest BCUT2D eigenvalue weighted by molar-refractivity contribution is -0.121. The van der Waals surface area contributed by atoms with Crippen LogP contribution in [-0.4, -0.2) is 48.9 Å². The van der Waals surface area contributed by atoms with Crippen LogP contribution in [0.25, 0.3) is 0 Å². The maximum absolute atomic E-state index is 11.9. The second-order valence-corrected chi connectivity index (χ2v) is 6.43. The van der Waals surface area contributed by atoms with Crippen molar-refractivity contribution in [1.29, 1.82) is 0 Å². The number of amides is 1. The van der Waals surface area contributed by atoms with E-state index in [9.17, 15) is 4.79 Å². The van der Waals surface area contributed by atoms with E-state index in [2.05, 4.69) is 33.0 Å². The van der Waals surface area contributed by atoms with Gasteiger partial charge in [0.2, 0.25) is 5.91 Å². The SMILES string of the molecule is CCCCNC(=S)NNC(=O)Cc1csc(N2CCOCC2)n1. The number of hydrogen-bond donors (Lipinski definition) is 3. The van der Waals surface area contributed by atoms with E-state index in [1.54, 1.807) is 11.3 Å². The molecule has 9 heteroatoms. The van der Waals surface area contributed by atoms with E-state index >= 15 is 0 Å². The average molecular weight is 358 g/mol. The molecular formula is C14H23N5O2S2. The molecule has 0 spiro atoms. The summed E-state index contributed by atoms with van der Waals surface area (Å²) in [5, 5.41) is 6.32. The molecule has 1 saturated heterocycles. The Morgan fingerprint density at radius 1 is 1.43 bits per heavy atom. The van der Waals surface area contributed by atoms with Crippen molar-refractivity contribution >= 4 is 39.7 Å². The molecule has 3 N–H and O–H groups in total. The Morgan fingerprint density at radius 2 is 2.22 bits per heavy atom. The number of carbonyl (C=O) groups excluding carboxylic acids is 1. The van der Waals surface area contributed by atoms with Crippen LogP contribution in [0.5, 0.6) is 0 Å². The van der Waals surface area contributed by atoms with E-state index in [1.165, 1.54) is 0 Å². The Morgan fingerprint density at radius 3 is 2.96 bits per heavy atom. The van der Waals surface area contributed by atoms with Crippen molar-refractivity contribution in [3.8, 4) is 0 Å². The van der Waals surface area contributed by atoms with Crippen molar-refractivity contribution in [2.75, 3.05) is 37.7 Å². The van der Waals surface area contributed by atoms with Crippen LogP contribution in [-0.2, 0) is 16.0 Å². The molecule has 0 aliphatic carbocycles. The minimum absolute atomic E-state index is 0.163. The summed E-state index contributed by atoms with van der Waals surface area (Å²) in [6.07, 6.45) is 2.36. The first-order valence-corrected chi connectivity index (χ1v) is 9.07. The maximum atomic E-state index is 11.9. The maximum Gasteiger partial charge on any atom is 0.244 e. The number of morpholine rings is 1. The van der Waals surface area contributed by atoms with Crippen LogP contribution in [0.2, 0.25) is 0 Å². The largest absolute Gasteiger partial charge is 0.378 e. The number of thiocarbonyl (C=S) groups is 1. The first-order chi connectivity index (χ1) is 11.2. The third-order valence-electron chi connectivity index (χ3n) is 3.29. The van der Waals surface area contributed by atoms with E-state index in [0.717, 1.165) is 56.5 Å². The number of ether oxygens (including phenoxy) is 1. The van der Waals surface area contributed by atoms with E-state index in [4.69, 9.17) is 17.0 Å². The molecule has 23 heavy (non-hydrogen) atoms. The van der Waals surface area contributed by atoms with E-state index < -0.39 is 0 Å². The summed E-state index contributed by atoms with van der Waals surface area (Å²) in [6.45, 7) is 6.05. The third kappa shape index (κ3) is 6.28. The fraction of sp³-hybridized carbons (Fsp3) is 0.643. The average Bonchev–Trinajstić information content (AvgIpc) is 3.02. The van der Waals surface area contributed by atoms with Gasteiger partial charge in [0.1, 0.15) is 0 Å². The summed E-state index contributed by atoms with van der Waals surface area (Å²) in [4.78, 5) is 18.6. The summed E-state index contributed by atoms with van der Waals surface area (Å²) < 4.78 is 5.33. The topological polar surface area (TPSA) is 78.5 Å². The number of nitrogens with zero attached hydrogens (tertiary/aromatic N) is 2. The van der Waals surface area contributed by atoms with Gasteiger partial charge in [-0.05, 0) is 18.6 Å². The summed E-state index contributed by atoms with van der Waals surface area (Å²) in [6, 6.07) is 0. The zero-order valence-corrected chi connectivity index (χ0v) is 14.9. The molecule has 0 unspecified atom stereocenters. The number of anilines is 1. The van der Waals surface area contributed by atoms with Gasteiger partial charge >= 0.3 is 0 Å². The standard InChI is InChI=1S/C14H23N5O2S2/c1-2-3-4-15-13(22)18-17-12(20)9-11-10-23-14(16-11)19-5-7-21-8-6-19/h10H,2-9H2,1H3,(H,17,20)(H2,15,18,22). The predicted molar refractivity (Wildman–Crippen MR) is 95.6 cm³/mol. The van der Waals surface area contributed by atoms with Gasteiger partial charge in [0, 0.05) is 25.0 Å². The molecule has 1 aromatic rings. The lowest BCUT2D eigenvalue weighted by Crippen LogP contribution is -2.47. The van der Waals surface area contributed by atoms with Crippen LogP contribution in [0, 0.1) is 0 Å². The van der Waals surface area contributed by atoms with E-state index in [0.29, 0.717) is 5.11 Å². The fourth-order valence-electron chi connectivity index (χ4n) is 2.04. The molecule has 1 aliphatic heterocycles. The van der Waals surface area contributed by atoms with Gasteiger partial charge in [0.05, 0.1) is 25.3 Å². The molecule has 128 valence electrons. The Bertz CT molecular complexity index is 517. The van der Waals surface area contributed by atoms with Gasteiger partial charge in [-0.3, -0.25) is 15.6 Å². The third-order valence-corrected chi connectivity index (χ3v) is 4.49. The first-order valence-electron chi connectivity index (χ1n) is 7.79. The molecule has 1 aromatic heterocycles. The first kappa shape index (κ1) is 17.9. The van der Waals surface area contributed by atoms with Gasteiger partial charge in [0.15, 0.2) is 10.2 Å². The quantitative estimate of drug-likeness (QED) is 0.395. The lowest BCUT2D eigenvalue weighted by Gasteiger charge is -2.26. The Balaban J connectivity index is 1.70. The number of thiazole rings is 1. The molecule has 0 bridgehead atoms. The van der Waals surface area contributed by atoms with E-state index in [1.807, 2.05) is 5.38 Å². The number of hydrazine groups is 1.